The summed E-state index contributed by atoms with van der Waals surface area (Å²) in [5.41, 5.74) is 4.03. The molecular weight excluding hydrogens is 452 g/mol. The van der Waals surface area contributed by atoms with Crippen molar-refractivity contribution in [3.63, 3.8) is 0 Å². The topological polar surface area (TPSA) is 91.2 Å². The lowest BCUT2D eigenvalue weighted by Gasteiger charge is -2.34. The van der Waals surface area contributed by atoms with Gasteiger partial charge < -0.3 is 25.0 Å². The number of benzene rings is 2. The highest BCUT2D eigenvalue weighted by molar-refractivity contribution is 5.84. The lowest BCUT2D eigenvalue weighted by Crippen LogP contribution is -2.52. The Morgan fingerprint density at radius 3 is 2.31 bits per heavy atom. The minimum atomic E-state index is -0.0160. The molecule has 0 atom stereocenters. The van der Waals surface area contributed by atoms with Gasteiger partial charge in [0, 0.05) is 39.3 Å². The summed E-state index contributed by atoms with van der Waals surface area (Å²) in [7, 11) is 0. The summed E-state index contributed by atoms with van der Waals surface area (Å²) in [5.74, 6) is 1.40. The van der Waals surface area contributed by atoms with Gasteiger partial charge in [-0.3, -0.25) is 0 Å². The molecule has 2 N–H and O–H groups in total. The third kappa shape index (κ3) is 5.40. The van der Waals surface area contributed by atoms with Gasteiger partial charge in [-0.15, -0.1) is 0 Å². The normalized spacial score (nSPS) is 13.7. The molecule has 0 bridgehead atoms. The van der Waals surface area contributed by atoms with Crippen LogP contribution in [-0.2, 0) is 13.0 Å². The van der Waals surface area contributed by atoms with Crippen LogP contribution in [0.3, 0.4) is 0 Å². The highest BCUT2D eigenvalue weighted by Gasteiger charge is 2.24. The Morgan fingerprint density at radius 2 is 1.61 bits per heavy atom. The first-order valence-electron chi connectivity index (χ1n) is 12.5. The maximum Gasteiger partial charge on any atom is 0.317 e. The Morgan fingerprint density at radius 1 is 0.917 bits per heavy atom. The second-order valence-electron chi connectivity index (χ2n) is 8.87. The fourth-order valence-corrected chi connectivity index (χ4v) is 4.44. The first-order valence-corrected chi connectivity index (χ1v) is 12.5. The van der Waals surface area contributed by atoms with Crippen LogP contribution in [0.4, 0.5) is 16.6 Å². The van der Waals surface area contributed by atoms with Gasteiger partial charge in [0.2, 0.25) is 5.95 Å². The third-order valence-electron chi connectivity index (χ3n) is 6.37. The number of piperazine rings is 1. The zero-order valence-electron chi connectivity index (χ0n) is 20.6. The standard InChI is InChI=1S/C27H32N8O/c1-2-28-27(36)34-17-15-33(16-18-34)26-31-24(29-14-13-21-9-5-3-6-10-21)23-25(32-26)35(20-30-23)19-22-11-7-4-8-12-22/h3-12,20H,2,13-19H2,1H3,(H,28,36)(H,29,31,32). The van der Waals surface area contributed by atoms with Gasteiger partial charge in [-0.25, -0.2) is 9.78 Å². The van der Waals surface area contributed by atoms with E-state index in [1.54, 1.807) is 0 Å². The van der Waals surface area contributed by atoms with Gasteiger partial charge in [-0.1, -0.05) is 60.7 Å². The molecule has 2 aromatic heterocycles. The van der Waals surface area contributed by atoms with Crippen LogP contribution >= 0.6 is 0 Å². The van der Waals surface area contributed by atoms with Crippen LogP contribution in [0.25, 0.3) is 11.2 Å². The van der Waals surface area contributed by atoms with Crippen molar-refractivity contribution in [1.82, 2.24) is 29.7 Å². The van der Waals surface area contributed by atoms with Gasteiger partial charge in [0.1, 0.15) is 0 Å². The maximum atomic E-state index is 12.2. The number of nitrogens with zero attached hydrogens (tertiary/aromatic N) is 6. The molecule has 0 unspecified atom stereocenters. The molecule has 4 aromatic rings. The first kappa shape index (κ1) is 23.6. The monoisotopic (exact) mass is 484 g/mol. The van der Waals surface area contributed by atoms with Crippen LogP contribution in [0.2, 0.25) is 0 Å². The number of amides is 2. The predicted octanol–water partition coefficient (Wildman–Crippen LogP) is 3.38. The molecule has 9 heteroatoms. The maximum absolute atomic E-state index is 12.2. The second-order valence-corrected chi connectivity index (χ2v) is 8.87. The molecule has 0 radical (unpaired) electrons. The molecular formula is C27H32N8O. The number of nitrogens with one attached hydrogen (secondary N) is 2. The third-order valence-corrected chi connectivity index (χ3v) is 6.37. The number of anilines is 2. The number of carbonyl (C=O) groups is 1. The summed E-state index contributed by atoms with van der Waals surface area (Å²) in [4.78, 5) is 30.7. The van der Waals surface area contributed by atoms with Gasteiger partial charge in [-0.2, -0.15) is 9.97 Å². The Balaban J connectivity index is 1.40. The number of carbonyl (C=O) groups excluding carboxylic acids is 1. The number of imidazole rings is 1. The van der Waals surface area contributed by atoms with Crippen molar-refractivity contribution in [2.45, 2.75) is 19.9 Å². The molecule has 2 amide bonds. The minimum Gasteiger partial charge on any atom is -0.368 e. The molecule has 1 fully saturated rings. The number of fused-ring (bicyclic) bond motifs is 1. The Hall–Kier alpha value is -4.14. The summed E-state index contributed by atoms with van der Waals surface area (Å²) < 4.78 is 2.07. The van der Waals surface area contributed by atoms with Crippen molar-refractivity contribution in [2.75, 3.05) is 49.5 Å². The molecule has 0 aliphatic carbocycles. The van der Waals surface area contributed by atoms with Crippen LogP contribution in [0.1, 0.15) is 18.1 Å². The molecule has 3 heterocycles. The van der Waals surface area contributed by atoms with E-state index in [0.717, 1.165) is 29.9 Å². The number of urea groups is 1. The van der Waals surface area contributed by atoms with E-state index in [2.05, 4.69) is 61.5 Å². The Bertz CT molecular complexity index is 1280. The number of hydrogen-bond donors (Lipinski definition) is 2. The smallest absolute Gasteiger partial charge is 0.317 e. The number of rotatable bonds is 8. The average molecular weight is 485 g/mol. The van der Waals surface area contributed by atoms with Crippen LogP contribution in [0, 0.1) is 0 Å². The number of aromatic nitrogens is 4. The lowest BCUT2D eigenvalue weighted by atomic mass is 10.1. The van der Waals surface area contributed by atoms with Gasteiger partial charge >= 0.3 is 6.03 Å². The molecule has 0 spiro atoms. The molecule has 1 saturated heterocycles. The molecule has 2 aromatic carbocycles. The zero-order chi connectivity index (χ0) is 24.7. The molecule has 5 rings (SSSR count). The van der Waals surface area contributed by atoms with Crippen LogP contribution in [0.5, 0.6) is 0 Å². The highest BCUT2D eigenvalue weighted by Crippen LogP contribution is 2.24. The van der Waals surface area contributed by atoms with Crippen molar-refractivity contribution >= 4 is 29.0 Å². The highest BCUT2D eigenvalue weighted by atomic mass is 16.2. The van der Waals surface area contributed by atoms with Crippen molar-refractivity contribution in [3.8, 4) is 0 Å². The van der Waals surface area contributed by atoms with Crippen molar-refractivity contribution in [3.05, 3.63) is 78.1 Å². The summed E-state index contributed by atoms with van der Waals surface area (Å²) in [6.07, 6.45) is 2.73. The molecule has 36 heavy (non-hydrogen) atoms. The van der Waals surface area contributed by atoms with Gasteiger partial charge in [-0.05, 0) is 24.5 Å². The van der Waals surface area contributed by atoms with Crippen LogP contribution < -0.4 is 15.5 Å². The van der Waals surface area contributed by atoms with Gasteiger partial charge in [0.25, 0.3) is 0 Å². The lowest BCUT2D eigenvalue weighted by molar-refractivity contribution is 0.194. The Kier molecular flexibility index (Phi) is 7.25. The summed E-state index contributed by atoms with van der Waals surface area (Å²) >= 11 is 0. The van der Waals surface area contributed by atoms with Gasteiger partial charge in [0.05, 0.1) is 12.9 Å². The fourth-order valence-electron chi connectivity index (χ4n) is 4.44. The second kappa shape index (κ2) is 11.1. The predicted molar refractivity (Wildman–Crippen MR) is 142 cm³/mol. The molecule has 0 saturated carbocycles. The minimum absolute atomic E-state index is 0.0160. The van der Waals surface area contributed by atoms with E-state index in [1.807, 2.05) is 42.4 Å². The quantitative estimate of drug-likeness (QED) is 0.398. The van der Waals surface area contributed by atoms with Crippen molar-refractivity contribution in [1.29, 1.82) is 0 Å². The molecule has 1 aliphatic heterocycles. The molecule has 1 aliphatic rings. The zero-order valence-corrected chi connectivity index (χ0v) is 20.6. The largest absolute Gasteiger partial charge is 0.368 e. The van der Waals surface area contributed by atoms with Crippen molar-refractivity contribution in [2.24, 2.45) is 0 Å². The van der Waals surface area contributed by atoms with E-state index in [4.69, 9.17) is 9.97 Å². The Labute approximate surface area is 211 Å². The summed E-state index contributed by atoms with van der Waals surface area (Å²) in [6, 6.07) is 20.7. The fraction of sp³-hybridized carbons (Fsp3) is 0.333. The average Bonchev–Trinajstić information content (AvgIpc) is 3.33. The molecule has 186 valence electrons. The van der Waals surface area contributed by atoms with Crippen LogP contribution in [0.15, 0.2) is 67.0 Å². The molecule has 9 nitrogen and oxygen atoms in total. The number of hydrogen-bond acceptors (Lipinski definition) is 6. The summed E-state index contributed by atoms with van der Waals surface area (Å²) in [5, 5.41) is 6.39. The van der Waals surface area contributed by atoms with Crippen molar-refractivity contribution < 1.29 is 4.79 Å². The first-order chi connectivity index (χ1) is 17.7. The van der Waals surface area contributed by atoms with E-state index in [1.165, 1.54) is 11.1 Å². The van der Waals surface area contributed by atoms with E-state index >= 15 is 0 Å². The van der Waals surface area contributed by atoms with E-state index in [-0.39, 0.29) is 6.03 Å². The van der Waals surface area contributed by atoms with E-state index < -0.39 is 0 Å². The van der Waals surface area contributed by atoms with Gasteiger partial charge in [0.15, 0.2) is 17.0 Å². The van der Waals surface area contributed by atoms with E-state index in [9.17, 15) is 4.79 Å². The van der Waals surface area contributed by atoms with Crippen LogP contribution in [-0.4, -0.2) is 69.7 Å². The van der Waals surface area contributed by atoms with E-state index in [0.29, 0.717) is 45.2 Å². The summed E-state index contributed by atoms with van der Waals surface area (Å²) in [6.45, 7) is 6.61. The SMILES string of the molecule is CCNC(=O)N1CCN(c2nc(NCCc3ccccc3)c3ncn(Cc4ccccc4)c3n2)CC1.